The first kappa shape index (κ1) is 11.9. The van der Waals surface area contributed by atoms with Crippen LogP contribution in [-0.2, 0) is 14.3 Å². The fourth-order valence-electron chi connectivity index (χ4n) is 0.707. The van der Waals surface area contributed by atoms with Gasteiger partial charge in [-0.05, 0) is 6.42 Å². The number of carbonyl (C=O) groups is 2. The molecule has 13 heavy (non-hydrogen) atoms. The van der Waals surface area contributed by atoms with Gasteiger partial charge in [-0.3, -0.25) is 4.79 Å². The van der Waals surface area contributed by atoms with Gasteiger partial charge in [-0.2, -0.15) is 0 Å². The minimum atomic E-state index is -1.68. The van der Waals surface area contributed by atoms with E-state index < -0.39 is 24.1 Å². The fraction of sp³-hybridized carbons (Fsp3) is 0.714. The highest BCUT2D eigenvalue weighted by molar-refractivity contribution is 5.75. The molecule has 0 aromatic carbocycles. The first-order valence-electron chi connectivity index (χ1n) is 3.64. The smallest absolute Gasteiger partial charge is 0.337 e. The summed E-state index contributed by atoms with van der Waals surface area (Å²) in [4.78, 5) is 20.7. The number of ether oxygens (including phenoxy) is 1. The monoisotopic (exact) mass is 192 g/mol. The summed E-state index contributed by atoms with van der Waals surface area (Å²) >= 11 is 0. The van der Waals surface area contributed by atoms with Crippen LogP contribution in [0.3, 0.4) is 0 Å². The molecule has 0 amide bonds. The van der Waals surface area contributed by atoms with Crippen molar-refractivity contribution in [3.8, 4) is 0 Å². The average Bonchev–Trinajstić information content (AvgIpc) is 2.11. The van der Waals surface area contributed by atoms with E-state index in [1.54, 1.807) is 0 Å². The van der Waals surface area contributed by atoms with Crippen LogP contribution < -0.4 is 0 Å². The summed E-state index contributed by atoms with van der Waals surface area (Å²) in [6.45, 7) is 0. The Hall–Kier alpha value is -1.14. The second-order valence-corrected chi connectivity index (χ2v) is 2.47. The number of esters is 1. The van der Waals surface area contributed by atoms with Gasteiger partial charge >= 0.3 is 11.9 Å². The van der Waals surface area contributed by atoms with Crippen molar-refractivity contribution in [2.24, 2.45) is 0 Å². The Labute approximate surface area is 74.7 Å². The van der Waals surface area contributed by atoms with Crippen molar-refractivity contribution in [3.63, 3.8) is 0 Å². The van der Waals surface area contributed by atoms with Gasteiger partial charge in [0.1, 0.15) is 0 Å². The molecule has 0 aliphatic rings. The quantitative estimate of drug-likeness (QED) is 0.470. The van der Waals surface area contributed by atoms with Crippen molar-refractivity contribution in [1.82, 2.24) is 0 Å². The Bertz CT molecular complexity index is 189. The Morgan fingerprint density at radius 3 is 2.31 bits per heavy atom. The van der Waals surface area contributed by atoms with Gasteiger partial charge in [-0.15, -0.1) is 0 Å². The van der Waals surface area contributed by atoms with Gasteiger partial charge in [0.05, 0.1) is 13.2 Å². The molecule has 2 atom stereocenters. The average molecular weight is 192 g/mol. The van der Waals surface area contributed by atoms with Crippen molar-refractivity contribution >= 4 is 11.9 Å². The normalized spacial score (nSPS) is 14.7. The highest BCUT2D eigenvalue weighted by Crippen LogP contribution is 2.03. The number of methoxy groups -OCH3 is 1. The summed E-state index contributed by atoms with van der Waals surface area (Å²) in [5.41, 5.74) is 0. The van der Waals surface area contributed by atoms with E-state index in [-0.39, 0.29) is 12.8 Å². The van der Waals surface area contributed by atoms with Gasteiger partial charge in [-0.1, -0.05) is 0 Å². The van der Waals surface area contributed by atoms with Crippen LogP contribution in [0.5, 0.6) is 0 Å². The van der Waals surface area contributed by atoms with E-state index >= 15 is 0 Å². The molecule has 2 unspecified atom stereocenters. The molecule has 0 aromatic rings. The first-order valence-corrected chi connectivity index (χ1v) is 3.64. The van der Waals surface area contributed by atoms with Gasteiger partial charge < -0.3 is 20.1 Å². The van der Waals surface area contributed by atoms with E-state index in [1.165, 1.54) is 0 Å². The summed E-state index contributed by atoms with van der Waals surface area (Å²) in [5, 5.41) is 26.3. The predicted octanol–water partition coefficient (Wildman–Crippen LogP) is -1.25. The zero-order chi connectivity index (χ0) is 10.4. The third-order valence-electron chi connectivity index (χ3n) is 1.46. The standard InChI is InChI=1S/C7H12O6/c1-13-7(12)6(11)4(8)2-3-5(9)10/h4,6,8,11H,2-3H2,1H3,(H,9,10). The number of aliphatic hydroxyl groups excluding tert-OH is 2. The maximum Gasteiger partial charge on any atom is 0.337 e. The fourth-order valence-corrected chi connectivity index (χ4v) is 0.707. The highest BCUT2D eigenvalue weighted by Gasteiger charge is 2.25. The van der Waals surface area contributed by atoms with Crippen LogP contribution >= 0.6 is 0 Å². The number of aliphatic hydroxyl groups is 2. The van der Waals surface area contributed by atoms with Crippen molar-refractivity contribution in [1.29, 1.82) is 0 Å². The molecule has 0 aromatic heterocycles. The second-order valence-electron chi connectivity index (χ2n) is 2.47. The lowest BCUT2D eigenvalue weighted by atomic mass is 10.1. The molecule has 0 fully saturated rings. The summed E-state index contributed by atoms with van der Waals surface area (Å²) in [6, 6.07) is 0. The second kappa shape index (κ2) is 5.50. The molecule has 0 bridgehead atoms. The van der Waals surface area contributed by atoms with Crippen molar-refractivity contribution in [3.05, 3.63) is 0 Å². The third-order valence-corrected chi connectivity index (χ3v) is 1.46. The number of carbonyl (C=O) groups excluding carboxylic acids is 1. The lowest BCUT2D eigenvalue weighted by molar-refractivity contribution is -0.157. The van der Waals surface area contributed by atoms with Gasteiger partial charge in [0, 0.05) is 6.42 Å². The summed E-state index contributed by atoms with van der Waals surface area (Å²) in [7, 11) is 1.06. The van der Waals surface area contributed by atoms with E-state index in [0.717, 1.165) is 7.11 Å². The van der Waals surface area contributed by atoms with Crippen LogP contribution in [0.25, 0.3) is 0 Å². The van der Waals surface area contributed by atoms with E-state index in [0.29, 0.717) is 0 Å². The number of carboxylic acids is 1. The Morgan fingerprint density at radius 1 is 1.38 bits per heavy atom. The molecule has 0 aliphatic heterocycles. The largest absolute Gasteiger partial charge is 0.481 e. The Kier molecular flexibility index (Phi) is 5.01. The van der Waals surface area contributed by atoms with Crippen LogP contribution in [-0.4, -0.2) is 46.6 Å². The molecule has 6 nitrogen and oxygen atoms in total. The highest BCUT2D eigenvalue weighted by atomic mass is 16.5. The molecule has 0 aliphatic carbocycles. The number of rotatable bonds is 5. The lowest BCUT2D eigenvalue weighted by Crippen LogP contribution is -2.35. The third kappa shape index (κ3) is 4.44. The van der Waals surface area contributed by atoms with Crippen molar-refractivity contribution in [2.75, 3.05) is 7.11 Å². The molecule has 0 heterocycles. The lowest BCUT2D eigenvalue weighted by Gasteiger charge is -2.13. The summed E-state index contributed by atoms with van der Waals surface area (Å²) in [5.74, 6) is -2.07. The van der Waals surface area contributed by atoms with Gasteiger partial charge in [0.15, 0.2) is 6.10 Å². The molecular weight excluding hydrogens is 180 g/mol. The van der Waals surface area contributed by atoms with Crippen molar-refractivity contribution < 1.29 is 29.6 Å². The molecule has 76 valence electrons. The topological polar surface area (TPSA) is 104 Å². The van der Waals surface area contributed by atoms with E-state index in [1.807, 2.05) is 0 Å². The molecule has 0 spiro atoms. The van der Waals surface area contributed by atoms with Crippen LogP contribution in [0, 0.1) is 0 Å². The summed E-state index contributed by atoms with van der Waals surface area (Å²) < 4.78 is 4.14. The maximum absolute atomic E-state index is 10.6. The number of hydrogen-bond donors (Lipinski definition) is 3. The van der Waals surface area contributed by atoms with Crippen LogP contribution in [0.4, 0.5) is 0 Å². The van der Waals surface area contributed by atoms with Gasteiger partial charge in [-0.25, -0.2) is 4.79 Å². The molecule has 6 heteroatoms. The SMILES string of the molecule is COC(=O)C(O)C(O)CCC(=O)O. The molecule has 0 saturated carbocycles. The minimum absolute atomic E-state index is 0.189. The molecular formula is C7H12O6. The van der Waals surface area contributed by atoms with Crippen LogP contribution in [0.2, 0.25) is 0 Å². The minimum Gasteiger partial charge on any atom is -0.481 e. The first-order chi connectivity index (χ1) is 5.99. The van der Waals surface area contributed by atoms with E-state index in [4.69, 9.17) is 15.3 Å². The zero-order valence-corrected chi connectivity index (χ0v) is 7.14. The Balaban J connectivity index is 3.88. The number of aliphatic carboxylic acids is 1. The molecule has 0 saturated heterocycles. The predicted molar refractivity (Wildman–Crippen MR) is 40.9 cm³/mol. The van der Waals surface area contributed by atoms with Gasteiger partial charge in [0.25, 0.3) is 0 Å². The zero-order valence-electron chi connectivity index (χ0n) is 7.14. The number of carboxylic acid groups (broad SMARTS) is 1. The van der Waals surface area contributed by atoms with E-state index in [2.05, 4.69) is 4.74 Å². The van der Waals surface area contributed by atoms with Crippen molar-refractivity contribution in [2.45, 2.75) is 25.0 Å². The maximum atomic E-state index is 10.6. The van der Waals surface area contributed by atoms with Crippen LogP contribution in [0.15, 0.2) is 0 Å². The molecule has 0 radical (unpaired) electrons. The van der Waals surface area contributed by atoms with E-state index in [9.17, 15) is 9.59 Å². The molecule has 0 rings (SSSR count). The Morgan fingerprint density at radius 2 is 1.92 bits per heavy atom. The molecule has 3 N–H and O–H groups in total. The number of hydrogen-bond acceptors (Lipinski definition) is 5. The van der Waals surface area contributed by atoms with Crippen LogP contribution in [0.1, 0.15) is 12.8 Å². The summed E-state index contributed by atoms with van der Waals surface area (Å²) in [6.07, 6.45) is -3.58. The van der Waals surface area contributed by atoms with Gasteiger partial charge in [0.2, 0.25) is 0 Å².